The molecule has 1 aliphatic rings. The molecule has 144 valence electrons. The van der Waals surface area contributed by atoms with Gasteiger partial charge in [-0.15, -0.1) is 0 Å². The lowest BCUT2D eigenvalue weighted by Gasteiger charge is -2.21. The van der Waals surface area contributed by atoms with Crippen molar-refractivity contribution in [3.63, 3.8) is 0 Å². The summed E-state index contributed by atoms with van der Waals surface area (Å²) in [4.78, 5) is 12.3. The molecule has 2 N–H and O–H groups in total. The molecule has 0 unspecified atom stereocenters. The maximum Gasteiger partial charge on any atom is 0.323 e. The molecule has 1 heterocycles. The van der Waals surface area contributed by atoms with Gasteiger partial charge in [-0.25, -0.2) is 13.2 Å². The highest BCUT2D eigenvalue weighted by Gasteiger charge is 2.32. The van der Waals surface area contributed by atoms with Gasteiger partial charge >= 0.3 is 6.03 Å². The van der Waals surface area contributed by atoms with Crippen LogP contribution in [0.5, 0.6) is 5.75 Å². The van der Waals surface area contributed by atoms with Gasteiger partial charge in [0.2, 0.25) is 10.0 Å². The Labute approximate surface area is 159 Å². The first-order chi connectivity index (χ1) is 12.9. The molecule has 1 fully saturated rings. The highest BCUT2D eigenvalue weighted by atomic mass is 32.2. The summed E-state index contributed by atoms with van der Waals surface area (Å²) < 4.78 is 32.0. The Balaban J connectivity index is 1.63. The van der Waals surface area contributed by atoms with E-state index in [1.807, 2.05) is 6.92 Å². The second kappa shape index (κ2) is 7.98. The van der Waals surface area contributed by atoms with Gasteiger partial charge in [0.25, 0.3) is 0 Å². The molecule has 1 aliphatic heterocycles. The first kappa shape index (κ1) is 19.2. The monoisotopic (exact) mass is 389 g/mol. The van der Waals surface area contributed by atoms with Crippen LogP contribution in [0.3, 0.4) is 0 Å². The minimum absolute atomic E-state index is 0.0167. The van der Waals surface area contributed by atoms with E-state index < -0.39 is 16.1 Å². The van der Waals surface area contributed by atoms with Crippen LogP contribution in [0.4, 0.5) is 16.2 Å². The van der Waals surface area contributed by atoms with Gasteiger partial charge in [0, 0.05) is 24.0 Å². The number of anilines is 2. The molecule has 0 radical (unpaired) electrons. The molecule has 27 heavy (non-hydrogen) atoms. The molecule has 1 atom stereocenters. The summed E-state index contributed by atoms with van der Waals surface area (Å²) in [5.41, 5.74) is 1.13. The minimum Gasteiger partial charge on any atom is -0.497 e. The second-order valence-corrected chi connectivity index (χ2v) is 8.33. The summed E-state index contributed by atoms with van der Waals surface area (Å²) >= 11 is 0. The summed E-state index contributed by atoms with van der Waals surface area (Å²) in [7, 11) is -1.92. The summed E-state index contributed by atoms with van der Waals surface area (Å²) in [5.74, 6) is 0.699. The van der Waals surface area contributed by atoms with Gasteiger partial charge in [0.05, 0.1) is 12.0 Å². The molecule has 0 aliphatic carbocycles. The number of sulfonamides is 1. The normalized spacial score (nSPS) is 17.5. The average molecular weight is 389 g/mol. The number of amides is 2. The van der Waals surface area contributed by atoms with E-state index in [0.717, 1.165) is 12.8 Å². The van der Waals surface area contributed by atoms with Crippen LogP contribution in [0.1, 0.15) is 19.8 Å². The Morgan fingerprint density at radius 2 is 1.59 bits per heavy atom. The van der Waals surface area contributed by atoms with E-state index in [2.05, 4.69) is 10.6 Å². The SMILES string of the molecule is COc1ccc(NC(=O)Nc2ccc(S(=O)(=O)N3CCC[C@H]3C)cc2)cc1. The Kier molecular flexibility index (Phi) is 5.67. The van der Waals surface area contributed by atoms with Crippen molar-refractivity contribution in [3.8, 4) is 5.75 Å². The molecule has 0 saturated carbocycles. The topological polar surface area (TPSA) is 87.7 Å². The summed E-state index contributed by atoms with van der Waals surface area (Å²) in [6.07, 6.45) is 1.76. The van der Waals surface area contributed by atoms with E-state index in [1.165, 1.54) is 16.4 Å². The molecular formula is C19H23N3O4S. The maximum atomic E-state index is 12.7. The van der Waals surface area contributed by atoms with Gasteiger partial charge in [-0.1, -0.05) is 0 Å². The highest BCUT2D eigenvalue weighted by Crippen LogP contribution is 2.26. The van der Waals surface area contributed by atoms with Crippen LogP contribution >= 0.6 is 0 Å². The third-order valence-electron chi connectivity index (χ3n) is 4.56. The van der Waals surface area contributed by atoms with Crippen molar-refractivity contribution in [2.75, 3.05) is 24.3 Å². The van der Waals surface area contributed by atoms with Crippen LogP contribution in [-0.2, 0) is 10.0 Å². The second-order valence-electron chi connectivity index (χ2n) is 6.44. The largest absolute Gasteiger partial charge is 0.497 e. The Morgan fingerprint density at radius 1 is 1.04 bits per heavy atom. The predicted molar refractivity (Wildman–Crippen MR) is 105 cm³/mol. The van der Waals surface area contributed by atoms with Crippen molar-refractivity contribution >= 4 is 27.4 Å². The van der Waals surface area contributed by atoms with Gasteiger partial charge < -0.3 is 15.4 Å². The van der Waals surface area contributed by atoms with Crippen molar-refractivity contribution in [1.29, 1.82) is 0 Å². The van der Waals surface area contributed by atoms with Crippen LogP contribution in [0.25, 0.3) is 0 Å². The number of nitrogens with zero attached hydrogens (tertiary/aromatic N) is 1. The van der Waals surface area contributed by atoms with E-state index in [-0.39, 0.29) is 10.9 Å². The third-order valence-corrected chi connectivity index (χ3v) is 6.59. The van der Waals surface area contributed by atoms with Crippen LogP contribution < -0.4 is 15.4 Å². The molecule has 0 spiro atoms. The van der Waals surface area contributed by atoms with Crippen molar-refractivity contribution in [3.05, 3.63) is 48.5 Å². The maximum absolute atomic E-state index is 12.7. The van der Waals surface area contributed by atoms with Gasteiger partial charge in [-0.05, 0) is 68.3 Å². The molecule has 2 aromatic carbocycles. The summed E-state index contributed by atoms with van der Waals surface area (Å²) in [5, 5.41) is 5.39. The molecule has 0 aromatic heterocycles. The Hall–Kier alpha value is -2.58. The lowest BCUT2D eigenvalue weighted by molar-refractivity contribution is 0.262. The number of carbonyl (C=O) groups excluding carboxylic acids is 1. The first-order valence-electron chi connectivity index (χ1n) is 8.74. The van der Waals surface area contributed by atoms with E-state index in [0.29, 0.717) is 23.7 Å². The van der Waals surface area contributed by atoms with Crippen molar-refractivity contribution < 1.29 is 17.9 Å². The number of rotatable bonds is 5. The van der Waals surface area contributed by atoms with Crippen LogP contribution in [0.2, 0.25) is 0 Å². The molecule has 8 heteroatoms. The van der Waals surface area contributed by atoms with Gasteiger partial charge in [0.1, 0.15) is 5.75 Å². The van der Waals surface area contributed by atoms with Gasteiger partial charge in [0.15, 0.2) is 0 Å². The average Bonchev–Trinajstić information content (AvgIpc) is 3.09. The highest BCUT2D eigenvalue weighted by molar-refractivity contribution is 7.89. The number of hydrogen-bond acceptors (Lipinski definition) is 4. The number of ether oxygens (including phenoxy) is 1. The fourth-order valence-electron chi connectivity index (χ4n) is 3.08. The fraction of sp³-hybridized carbons (Fsp3) is 0.316. The molecule has 7 nitrogen and oxygen atoms in total. The number of methoxy groups -OCH3 is 1. The van der Waals surface area contributed by atoms with Crippen molar-refractivity contribution in [1.82, 2.24) is 4.31 Å². The number of nitrogens with one attached hydrogen (secondary N) is 2. The van der Waals surface area contributed by atoms with E-state index in [4.69, 9.17) is 4.74 Å². The van der Waals surface area contributed by atoms with Crippen molar-refractivity contribution in [2.45, 2.75) is 30.7 Å². The summed E-state index contributed by atoms with van der Waals surface area (Å²) in [6.45, 7) is 2.47. The van der Waals surface area contributed by atoms with E-state index in [9.17, 15) is 13.2 Å². The number of carbonyl (C=O) groups is 1. The standard InChI is InChI=1S/C19H23N3O4S/c1-14-4-3-13-22(14)27(24,25)18-11-7-16(8-12-18)21-19(23)20-15-5-9-17(26-2)10-6-15/h5-12,14H,3-4,13H2,1-2H3,(H2,20,21,23)/t14-/m1/s1. The number of urea groups is 1. The number of benzene rings is 2. The van der Waals surface area contributed by atoms with Crippen molar-refractivity contribution in [2.24, 2.45) is 0 Å². The third kappa shape index (κ3) is 4.40. The zero-order valence-electron chi connectivity index (χ0n) is 15.3. The zero-order valence-corrected chi connectivity index (χ0v) is 16.1. The molecule has 0 bridgehead atoms. The van der Waals surface area contributed by atoms with Crippen LogP contribution in [-0.4, -0.2) is 38.5 Å². The van der Waals surface area contributed by atoms with E-state index in [1.54, 1.807) is 43.5 Å². The summed E-state index contributed by atoms with van der Waals surface area (Å²) in [6, 6.07) is 12.8. The lowest BCUT2D eigenvalue weighted by atomic mass is 10.3. The lowest BCUT2D eigenvalue weighted by Crippen LogP contribution is -2.33. The van der Waals surface area contributed by atoms with Crippen LogP contribution in [0, 0.1) is 0 Å². The van der Waals surface area contributed by atoms with Gasteiger partial charge in [-0.3, -0.25) is 0 Å². The molecule has 2 amide bonds. The molecular weight excluding hydrogens is 366 g/mol. The quantitative estimate of drug-likeness (QED) is 0.819. The molecule has 2 aromatic rings. The smallest absolute Gasteiger partial charge is 0.323 e. The molecule has 1 saturated heterocycles. The minimum atomic E-state index is -3.50. The van der Waals surface area contributed by atoms with Gasteiger partial charge in [-0.2, -0.15) is 4.31 Å². The van der Waals surface area contributed by atoms with E-state index >= 15 is 0 Å². The predicted octanol–water partition coefficient (Wildman–Crippen LogP) is 3.51. The Morgan fingerprint density at radius 3 is 2.07 bits per heavy atom. The first-order valence-corrected chi connectivity index (χ1v) is 10.2. The number of hydrogen-bond donors (Lipinski definition) is 2. The Bertz CT molecular complexity index is 896. The zero-order chi connectivity index (χ0) is 19.4. The van der Waals surface area contributed by atoms with Crippen LogP contribution in [0.15, 0.2) is 53.4 Å². The fourth-order valence-corrected chi connectivity index (χ4v) is 4.78. The molecule has 3 rings (SSSR count).